The number of hydrogen-bond acceptors (Lipinski definition) is 6. The van der Waals surface area contributed by atoms with Gasteiger partial charge in [0, 0.05) is 53.5 Å². The lowest BCUT2D eigenvalue weighted by atomic mass is 10.3. The molecule has 0 aromatic carbocycles. The Hall–Kier alpha value is -0.240. The maximum Gasteiger partial charge on any atom is 0.0589 e. The van der Waals surface area contributed by atoms with Gasteiger partial charge >= 0.3 is 0 Å². The maximum atomic E-state index is 5.29. The molecule has 0 N–H and O–H groups in total. The average molecular weight is 345 g/mol. The van der Waals surface area contributed by atoms with Crippen molar-refractivity contribution < 1.29 is 9.47 Å². The van der Waals surface area contributed by atoms with Crippen LogP contribution in [0.1, 0.15) is 12.8 Å². The van der Waals surface area contributed by atoms with Gasteiger partial charge in [-0.1, -0.05) is 0 Å². The summed E-state index contributed by atoms with van der Waals surface area (Å²) in [7, 11) is 8.07. The molecule has 1 saturated heterocycles. The first-order chi connectivity index (χ1) is 11.7. The first-order valence-electron chi connectivity index (χ1n) is 9.45. The van der Waals surface area contributed by atoms with Crippen LogP contribution in [0.4, 0.5) is 0 Å². The summed E-state index contributed by atoms with van der Waals surface area (Å²) in [5, 5.41) is 0. The molecule has 0 aliphatic carbocycles. The SMILES string of the molecule is COCCN1CCCN(C)CCN(C)CCCN(CCOC)CC1. The Morgan fingerprint density at radius 2 is 1.00 bits per heavy atom. The Bertz CT molecular complexity index is 266. The number of nitrogens with zero attached hydrogens (tertiary/aromatic N) is 4. The van der Waals surface area contributed by atoms with Gasteiger partial charge < -0.3 is 19.3 Å². The van der Waals surface area contributed by atoms with Crippen LogP contribution in [-0.4, -0.2) is 127 Å². The quantitative estimate of drug-likeness (QED) is 0.699. The van der Waals surface area contributed by atoms with Crippen molar-refractivity contribution in [3.05, 3.63) is 0 Å². The highest BCUT2D eigenvalue weighted by molar-refractivity contribution is 4.67. The van der Waals surface area contributed by atoms with Gasteiger partial charge in [-0.25, -0.2) is 0 Å². The summed E-state index contributed by atoms with van der Waals surface area (Å²) >= 11 is 0. The maximum absolute atomic E-state index is 5.29. The highest BCUT2D eigenvalue weighted by Crippen LogP contribution is 2.01. The zero-order valence-corrected chi connectivity index (χ0v) is 16.5. The van der Waals surface area contributed by atoms with E-state index in [9.17, 15) is 0 Å². The number of ether oxygens (including phenoxy) is 2. The Morgan fingerprint density at radius 1 is 0.583 bits per heavy atom. The number of hydrogen-bond donors (Lipinski definition) is 0. The van der Waals surface area contributed by atoms with E-state index < -0.39 is 0 Å². The zero-order chi connectivity index (χ0) is 17.6. The molecule has 144 valence electrons. The van der Waals surface area contributed by atoms with Gasteiger partial charge in [0.05, 0.1) is 13.2 Å². The minimum absolute atomic E-state index is 0.818. The summed E-state index contributed by atoms with van der Waals surface area (Å²) in [5.74, 6) is 0. The Morgan fingerprint density at radius 3 is 1.38 bits per heavy atom. The van der Waals surface area contributed by atoms with Crippen molar-refractivity contribution in [2.24, 2.45) is 0 Å². The third-order valence-electron chi connectivity index (χ3n) is 4.85. The van der Waals surface area contributed by atoms with Crippen LogP contribution in [0, 0.1) is 0 Å². The molecule has 0 amide bonds. The van der Waals surface area contributed by atoms with Gasteiger partial charge in [0.15, 0.2) is 0 Å². The summed E-state index contributed by atoms with van der Waals surface area (Å²) in [6.07, 6.45) is 2.45. The van der Waals surface area contributed by atoms with Crippen molar-refractivity contribution in [1.29, 1.82) is 0 Å². The van der Waals surface area contributed by atoms with Crippen molar-refractivity contribution in [3.8, 4) is 0 Å². The fraction of sp³-hybridized carbons (Fsp3) is 1.00. The van der Waals surface area contributed by atoms with Gasteiger partial charge in [0.2, 0.25) is 0 Å². The molecule has 1 aliphatic rings. The fourth-order valence-corrected chi connectivity index (χ4v) is 3.09. The third kappa shape index (κ3) is 10.6. The second kappa shape index (κ2) is 14.0. The molecule has 6 nitrogen and oxygen atoms in total. The predicted molar refractivity (Wildman–Crippen MR) is 101 cm³/mol. The summed E-state index contributed by atoms with van der Waals surface area (Å²) in [6, 6.07) is 0. The lowest BCUT2D eigenvalue weighted by Gasteiger charge is -2.30. The van der Waals surface area contributed by atoms with E-state index >= 15 is 0 Å². The van der Waals surface area contributed by atoms with E-state index in [2.05, 4.69) is 33.7 Å². The highest BCUT2D eigenvalue weighted by atomic mass is 16.5. The van der Waals surface area contributed by atoms with Gasteiger partial charge in [0.1, 0.15) is 0 Å². The molecule has 0 saturated carbocycles. The lowest BCUT2D eigenvalue weighted by molar-refractivity contribution is 0.112. The Kier molecular flexibility index (Phi) is 12.7. The topological polar surface area (TPSA) is 31.4 Å². The Labute approximate surface area is 149 Å². The van der Waals surface area contributed by atoms with Crippen LogP contribution in [0.2, 0.25) is 0 Å². The number of methoxy groups -OCH3 is 2. The molecule has 24 heavy (non-hydrogen) atoms. The minimum Gasteiger partial charge on any atom is -0.383 e. The summed E-state index contributed by atoms with van der Waals surface area (Å²) in [5.41, 5.74) is 0. The van der Waals surface area contributed by atoms with Crippen LogP contribution in [0.5, 0.6) is 0 Å². The van der Waals surface area contributed by atoms with Crippen molar-refractivity contribution in [1.82, 2.24) is 19.6 Å². The molecule has 0 aromatic heterocycles. The second-order valence-electron chi connectivity index (χ2n) is 6.98. The number of rotatable bonds is 6. The van der Waals surface area contributed by atoms with Crippen molar-refractivity contribution in [3.63, 3.8) is 0 Å². The molecular weight excluding hydrogens is 304 g/mol. The normalized spacial score (nSPS) is 22.5. The van der Waals surface area contributed by atoms with Gasteiger partial charge in [-0.15, -0.1) is 0 Å². The van der Waals surface area contributed by atoms with Crippen LogP contribution >= 0.6 is 0 Å². The van der Waals surface area contributed by atoms with E-state index in [-0.39, 0.29) is 0 Å². The molecule has 0 radical (unpaired) electrons. The van der Waals surface area contributed by atoms with Gasteiger partial charge in [0.25, 0.3) is 0 Å². The molecule has 1 fully saturated rings. The van der Waals surface area contributed by atoms with Crippen LogP contribution in [0.3, 0.4) is 0 Å². The summed E-state index contributed by atoms with van der Waals surface area (Å²) in [4.78, 5) is 10.0. The molecule has 1 rings (SSSR count). The average Bonchev–Trinajstić information content (AvgIpc) is 2.58. The molecule has 0 bridgehead atoms. The molecule has 1 heterocycles. The number of likely N-dealkylation sites (N-methyl/N-ethyl adjacent to an activating group) is 2. The van der Waals surface area contributed by atoms with Gasteiger partial charge in [-0.05, 0) is 53.1 Å². The minimum atomic E-state index is 0.818. The first-order valence-corrected chi connectivity index (χ1v) is 9.45. The molecule has 0 atom stereocenters. The fourth-order valence-electron chi connectivity index (χ4n) is 3.09. The molecule has 6 heteroatoms. The first kappa shape index (κ1) is 21.8. The van der Waals surface area contributed by atoms with Gasteiger partial charge in [-0.3, -0.25) is 9.80 Å². The zero-order valence-electron chi connectivity index (χ0n) is 16.5. The van der Waals surface area contributed by atoms with E-state index in [0.29, 0.717) is 0 Å². The highest BCUT2D eigenvalue weighted by Gasteiger charge is 2.12. The summed E-state index contributed by atoms with van der Waals surface area (Å²) in [6.45, 7) is 12.9. The van der Waals surface area contributed by atoms with Crippen molar-refractivity contribution in [2.45, 2.75) is 12.8 Å². The lowest BCUT2D eigenvalue weighted by Crippen LogP contribution is -2.41. The van der Waals surface area contributed by atoms with Crippen LogP contribution in [-0.2, 0) is 9.47 Å². The monoisotopic (exact) mass is 344 g/mol. The molecule has 1 aliphatic heterocycles. The van der Waals surface area contributed by atoms with E-state index in [0.717, 1.165) is 65.6 Å². The smallest absolute Gasteiger partial charge is 0.0589 e. The van der Waals surface area contributed by atoms with E-state index in [1.165, 1.54) is 25.9 Å². The largest absolute Gasteiger partial charge is 0.383 e. The van der Waals surface area contributed by atoms with Crippen LogP contribution < -0.4 is 0 Å². The standard InChI is InChI=1S/C18H40N4O2/c1-19-7-5-9-21(15-17-23-3)13-14-22(16-18-24-4)10-6-8-20(2)12-11-19/h5-18H2,1-4H3. The molecule has 0 unspecified atom stereocenters. The van der Waals surface area contributed by atoms with E-state index in [1.54, 1.807) is 14.2 Å². The van der Waals surface area contributed by atoms with Gasteiger partial charge in [-0.2, -0.15) is 0 Å². The van der Waals surface area contributed by atoms with E-state index in [4.69, 9.17) is 9.47 Å². The van der Waals surface area contributed by atoms with E-state index in [1.807, 2.05) is 0 Å². The van der Waals surface area contributed by atoms with Crippen molar-refractivity contribution in [2.75, 3.05) is 107 Å². The second-order valence-corrected chi connectivity index (χ2v) is 6.98. The molecular formula is C18H40N4O2. The van der Waals surface area contributed by atoms with Crippen molar-refractivity contribution >= 4 is 0 Å². The van der Waals surface area contributed by atoms with Crippen LogP contribution in [0.25, 0.3) is 0 Å². The molecule has 0 aromatic rings. The summed E-state index contributed by atoms with van der Waals surface area (Å²) < 4.78 is 10.6. The predicted octanol–water partition coefficient (Wildman–Crippen LogP) is 0.541. The molecule has 0 spiro atoms. The van der Waals surface area contributed by atoms with Crippen LogP contribution in [0.15, 0.2) is 0 Å². The Balaban J connectivity index is 2.55. The third-order valence-corrected chi connectivity index (χ3v) is 4.85.